The number of hydrogen-bond acceptors (Lipinski definition) is 5. The lowest BCUT2D eigenvalue weighted by atomic mass is 10.1. The molecular formula is C13H18N6. The molecule has 0 radical (unpaired) electrons. The lowest BCUT2D eigenvalue weighted by Crippen LogP contribution is -2.39. The first-order chi connectivity index (χ1) is 8.91. The number of aromatic nitrogens is 4. The van der Waals surface area contributed by atoms with Crippen molar-refractivity contribution >= 4 is 11.2 Å². The van der Waals surface area contributed by atoms with E-state index >= 15 is 0 Å². The molecule has 2 heterocycles. The smallest absolute Gasteiger partial charge is 0.234 e. The summed E-state index contributed by atoms with van der Waals surface area (Å²) in [5.41, 5.74) is 1.56. The topological polar surface area (TPSA) is 70.6 Å². The number of nitrogens with zero attached hydrogens (tertiary/aromatic N) is 6. The average Bonchev–Trinajstić information content (AvgIpc) is 2.76. The number of nitriles is 1. The molecule has 0 aliphatic carbocycles. The van der Waals surface area contributed by atoms with Crippen LogP contribution in [0, 0.1) is 11.3 Å². The maximum Gasteiger partial charge on any atom is 0.234 e. The maximum absolute atomic E-state index is 8.84. The molecule has 0 aromatic carbocycles. The van der Waals surface area contributed by atoms with Crippen molar-refractivity contribution in [2.24, 2.45) is 0 Å². The fourth-order valence-electron chi connectivity index (χ4n) is 1.67. The molecule has 0 spiro atoms. The summed E-state index contributed by atoms with van der Waals surface area (Å²) in [5, 5.41) is 8.84. The summed E-state index contributed by atoms with van der Waals surface area (Å²) in [6.45, 7) is 8.20. The van der Waals surface area contributed by atoms with Gasteiger partial charge in [-0.05, 0) is 27.8 Å². The Balaban J connectivity index is 2.20. The predicted molar refractivity (Wildman–Crippen MR) is 72.4 cm³/mol. The first kappa shape index (κ1) is 13.4. The highest BCUT2D eigenvalue weighted by molar-refractivity contribution is 5.69. The van der Waals surface area contributed by atoms with Crippen LogP contribution in [0.25, 0.3) is 11.2 Å². The van der Waals surface area contributed by atoms with Crippen molar-refractivity contribution in [3.05, 3.63) is 18.3 Å². The van der Waals surface area contributed by atoms with Crippen LogP contribution in [0.2, 0.25) is 0 Å². The van der Waals surface area contributed by atoms with Crippen molar-refractivity contribution in [2.45, 2.75) is 32.9 Å². The van der Waals surface area contributed by atoms with Gasteiger partial charge in [-0.1, -0.05) is 0 Å². The summed E-state index contributed by atoms with van der Waals surface area (Å²) in [5.74, 6) is 0.179. The monoisotopic (exact) mass is 258 g/mol. The van der Waals surface area contributed by atoms with Crippen LogP contribution in [0.1, 0.15) is 26.6 Å². The van der Waals surface area contributed by atoms with Crippen LogP contribution in [-0.4, -0.2) is 43.6 Å². The molecule has 2 aromatic heterocycles. The van der Waals surface area contributed by atoms with E-state index in [4.69, 9.17) is 5.26 Å². The van der Waals surface area contributed by atoms with E-state index < -0.39 is 0 Å². The Morgan fingerprint density at radius 3 is 2.74 bits per heavy atom. The minimum Gasteiger partial charge on any atom is -0.314 e. The van der Waals surface area contributed by atoms with Crippen LogP contribution in [0.15, 0.2) is 12.5 Å². The lowest BCUT2D eigenvalue weighted by molar-refractivity contribution is 0.170. The summed E-state index contributed by atoms with van der Waals surface area (Å²) in [7, 11) is 2.09. The molecule has 0 N–H and O–H groups in total. The van der Waals surface area contributed by atoms with Crippen molar-refractivity contribution in [3.63, 3.8) is 0 Å². The summed E-state index contributed by atoms with van der Waals surface area (Å²) in [6, 6.07) is 1.95. The minimum atomic E-state index is 0.128. The molecule has 2 rings (SSSR count). The van der Waals surface area contributed by atoms with E-state index in [2.05, 4.69) is 47.7 Å². The molecule has 0 saturated heterocycles. The SMILES string of the molecule is CN(CCn1cnc2cnc(C#N)nc21)C(C)(C)C. The molecule has 0 aliphatic rings. The molecule has 0 aliphatic heterocycles. The maximum atomic E-state index is 8.84. The zero-order chi connectivity index (χ0) is 14.0. The summed E-state index contributed by atoms with van der Waals surface area (Å²) < 4.78 is 1.96. The first-order valence-corrected chi connectivity index (χ1v) is 6.21. The third kappa shape index (κ3) is 2.88. The molecule has 0 saturated carbocycles. The van der Waals surface area contributed by atoms with Gasteiger partial charge in [0, 0.05) is 18.6 Å². The molecule has 19 heavy (non-hydrogen) atoms. The van der Waals surface area contributed by atoms with Crippen LogP contribution in [-0.2, 0) is 6.54 Å². The molecule has 0 atom stereocenters. The quantitative estimate of drug-likeness (QED) is 0.832. The zero-order valence-electron chi connectivity index (χ0n) is 11.8. The van der Waals surface area contributed by atoms with E-state index in [-0.39, 0.29) is 11.4 Å². The number of fused-ring (bicyclic) bond motifs is 1. The largest absolute Gasteiger partial charge is 0.314 e. The van der Waals surface area contributed by atoms with Gasteiger partial charge in [-0.25, -0.2) is 9.97 Å². The molecule has 0 fully saturated rings. The van der Waals surface area contributed by atoms with E-state index in [1.54, 1.807) is 12.5 Å². The zero-order valence-corrected chi connectivity index (χ0v) is 11.8. The van der Waals surface area contributed by atoms with Gasteiger partial charge in [0.2, 0.25) is 5.82 Å². The Bertz CT molecular complexity index is 616. The lowest BCUT2D eigenvalue weighted by Gasteiger charge is -2.31. The van der Waals surface area contributed by atoms with Gasteiger partial charge in [0.25, 0.3) is 0 Å². The molecule has 0 amide bonds. The van der Waals surface area contributed by atoms with Gasteiger partial charge in [-0.15, -0.1) is 0 Å². The Morgan fingerprint density at radius 1 is 1.37 bits per heavy atom. The summed E-state index contributed by atoms with van der Waals surface area (Å²) in [4.78, 5) is 14.6. The van der Waals surface area contributed by atoms with Gasteiger partial charge in [0.05, 0.1) is 12.5 Å². The van der Waals surface area contributed by atoms with E-state index in [1.807, 2.05) is 10.6 Å². The Labute approximate surface area is 112 Å². The van der Waals surface area contributed by atoms with Gasteiger partial charge in [0.1, 0.15) is 11.6 Å². The van der Waals surface area contributed by atoms with Gasteiger partial charge in [-0.2, -0.15) is 10.2 Å². The molecule has 6 heteroatoms. The van der Waals surface area contributed by atoms with E-state index in [0.717, 1.165) is 18.6 Å². The van der Waals surface area contributed by atoms with Crippen molar-refractivity contribution < 1.29 is 0 Å². The highest BCUT2D eigenvalue weighted by atomic mass is 15.2. The molecule has 0 unspecified atom stereocenters. The van der Waals surface area contributed by atoms with Crippen molar-refractivity contribution in [3.8, 4) is 6.07 Å². The first-order valence-electron chi connectivity index (χ1n) is 6.21. The second-order valence-electron chi connectivity index (χ2n) is 5.54. The van der Waals surface area contributed by atoms with Gasteiger partial charge >= 0.3 is 0 Å². The standard InChI is InChI=1S/C13H18N6/c1-13(2,3)18(4)5-6-19-9-16-10-8-15-11(7-14)17-12(10)19/h8-9H,5-6H2,1-4H3. The summed E-state index contributed by atoms with van der Waals surface area (Å²) >= 11 is 0. The van der Waals surface area contributed by atoms with Crippen molar-refractivity contribution in [1.29, 1.82) is 5.26 Å². The third-order valence-corrected chi connectivity index (χ3v) is 3.28. The molecule has 100 valence electrons. The normalized spacial score (nSPS) is 12.0. The Kier molecular flexibility index (Phi) is 3.49. The summed E-state index contributed by atoms with van der Waals surface area (Å²) in [6.07, 6.45) is 3.34. The number of hydrogen-bond donors (Lipinski definition) is 0. The minimum absolute atomic E-state index is 0.128. The van der Waals surface area contributed by atoms with Crippen LogP contribution in [0.4, 0.5) is 0 Å². The average molecular weight is 258 g/mol. The van der Waals surface area contributed by atoms with E-state index in [0.29, 0.717) is 5.65 Å². The van der Waals surface area contributed by atoms with Crippen LogP contribution < -0.4 is 0 Å². The molecular weight excluding hydrogens is 240 g/mol. The molecule has 6 nitrogen and oxygen atoms in total. The second-order valence-corrected chi connectivity index (χ2v) is 5.54. The van der Waals surface area contributed by atoms with Gasteiger partial charge in [0.15, 0.2) is 5.65 Å². The molecule has 2 aromatic rings. The van der Waals surface area contributed by atoms with Crippen molar-refractivity contribution in [1.82, 2.24) is 24.4 Å². The highest BCUT2D eigenvalue weighted by Gasteiger charge is 2.16. The fourth-order valence-corrected chi connectivity index (χ4v) is 1.67. The van der Waals surface area contributed by atoms with E-state index in [1.165, 1.54) is 0 Å². The Morgan fingerprint density at radius 2 is 2.11 bits per heavy atom. The van der Waals surface area contributed by atoms with Crippen molar-refractivity contribution in [2.75, 3.05) is 13.6 Å². The number of likely N-dealkylation sites (N-methyl/N-ethyl adjacent to an activating group) is 1. The highest BCUT2D eigenvalue weighted by Crippen LogP contribution is 2.12. The second kappa shape index (κ2) is 4.94. The third-order valence-electron chi connectivity index (χ3n) is 3.28. The van der Waals surface area contributed by atoms with Gasteiger partial charge in [-0.3, -0.25) is 4.90 Å². The Hall–Kier alpha value is -2.00. The van der Waals surface area contributed by atoms with Crippen LogP contribution in [0.3, 0.4) is 0 Å². The van der Waals surface area contributed by atoms with Crippen LogP contribution >= 0.6 is 0 Å². The van der Waals surface area contributed by atoms with Gasteiger partial charge < -0.3 is 4.57 Å². The number of imidazole rings is 1. The predicted octanol–water partition coefficient (Wildman–Crippen LogP) is 1.43. The molecule has 0 bridgehead atoms. The fraction of sp³-hybridized carbons (Fsp3) is 0.538. The van der Waals surface area contributed by atoms with E-state index in [9.17, 15) is 0 Å². The van der Waals surface area contributed by atoms with Crippen LogP contribution in [0.5, 0.6) is 0 Å². The number of rotatable bonds is 3.